The van der Waals surface area contributed by atoms with Crippen molar-refractivity contribution in [2.75, 3.05) is 0 Å². The normalized spacial score (nSPS) is 12.9. The van der Waals surface area contributed by atoms with Gasteiger partial charge < -0.3 is 5.11 Å². The monoisotopic (exact) mass is 218 g/mol. The number of thiol groups is 1. The fourth-order valence-electron chi connectivity index (χ4n) is 2.34. The lowest BCUT2D eigenvalue weighted by Gasteiger charge is -2.43. The number of hydrogen-bond donors (Lipinski definition) is 2. The summed E-state index contributed by atoms with van der Waals surface area (Å²) in [6.45, 7) is 7.90. The molecule has 0 aliphatic carbocycles. The molecule has 0 amide bonds. The van der Waals surface area contributed by atoms with Gasteiger partial charge in [0.15, 0.2) is 0 Å². The van der Waals surface area contributed by atoms with E-state index in [1.54, 1.807) is 0 Å². The number of carboxylic acid groups (broad SMARTS) is 1. The summed E-state index contributed by atoms with van der Waals surface area (Å²) in [5, 5.41) is 9.37. The van der Waals surface area contributed by atoms with E-state index in [0.717, 1.165) is 12.8 Å². The van der Waals surface area contributed by atoms with Gasteiger partial charge >= 0.3 is 5.97 Å². The molecule has 0 aromatic heterocycles. The van der Waals surface area contributed by atoms with Gasteiger partial charge in [-0.1, -0.05) is 27.7 Å². The quantitative estimate of drug-likeness (QED) is 0.671. The van der Waals surface area contributed by atoms with E-state index in [0.29, 0.717) is 12.8 Å². The molecular formula is C11H22O2S. The molecule has 0 saturated carbocycles. The Morgan fingerprint density at radius 3 is 1.50 bits per heavy atom. The Balaban J connectivity index is 5.25. The van der Waals surface area contributed by atoms with Crippen LogP contribution in [0.4, 0.5) is 0 Å². The van der Waals surface area contributed by atoms with Crippen LogP contribution in [0, 0.1) is 5.41 Å². The van der Waals surface area contributed by atoms with Crippen molar-refractivity contribution in [1.82, 2.24) is 0 Å². The van der Waals surface area contributed by atoms with Crippen LogP contribution in [-0.4, -0.2) is 15.8 Å². The number of rotatable bonds is 6. The SMILES string of the molecule is CCC(S)(CC)C(CC)(CC)C(=O)O. The molecule has 2 nitrogen and oxygen atoms in total. The minimum Gasteiger partial charge on any atom is -0.481 e. The minimum atomic E-state index is -0.707. The van der Waals surface area contributed by atoms with Crippen LogP contribution in [0.1, 0.15) is 53.4 Å². The second kappa shape index (κ2) is 5.06. The smallest absolute Gasteiger partial charge is 0.311 e. The minimum absolute atomic E-state index is 0.387. The summed E-state index contributed by atoms with van der Waals surface area (Å²) in [6, 6.07) is 0. The van der Waals surface area contributed by atoms with Crippen molar-refractivity contribution in [2.24, 2.45) is 5.41 Å². The summed E-state index contributed by atoms with van der Waals surface area (Å²) in [4.78, 5) is 11.4. The Morgan fingerprint density at radius 1 is 1.07 bits per heavy atom. The lowest BCUT2D eigenvalue weighted by atomic mass is 9.68. The molecule has 84 valence electrons. The van der Waals surface area contributed by atoms with E-state index in [1.807, 2.05) is 27.7 Å². The van der Waals surface area contributed by atoms with Crippen molar-refractivity contribution in [3.63, 3.8) is 0 Å². The van der Waals surface area contributed by atoms with Crippen molar-refractivity contribution >= 4 is 18.6 Å². The van der Waals surface area contributed by atoms with Crippen molar-refractivity contribution in [3.8, 4) is 0 Å². The van der Waals surface area contributed by atoms with E-state index in [-0.39, 0.29) is 4.75 Å². The fourth-order valence-corrected chi connectivity index (χ4v) is 2.75. The maximum absolute atomic E-state index is 11.4. The first-order chi connectivity index (χ1) is 6.44. The summed E-state index contributed by atoms with van der Waals surface area (Å²) in [6.07, 6.45) is 2.87. The van der Waals surface area contributed by atoms with Crippen LogP contribution in [0.15, 0.2) is 0 Å². The van der Waals surface area contributed by atoms with Gasteiger partial charge in [-0.25, -0.2) is 0 Å². The zero-order chi connectivity index (χ0) is 11.4. The van der Waals surface area contributed by atoms with Crippen LogP contribution in [0.5, 0.6) is 0 Å². The highest BCUT2D eigenvalue weighted by Gasteiger charge is 2.50. The zero-order valence-corrected chi connectivity index (χ0v) is 10.5. The fraction of sp³-hybridized carbons (Fsp3) is 0.909. The summed E-state index contributed by atoms with van der Waals surface area (Å²) < 4.78 is -0.387. The Kier molecular flexibility index (Phi) is 4.99. The van der Waals surface area contributed by atoms with Crippen LogP contribution in [0.25, 0.3) is 0 Å². The molecule has 0 bridgehead atoms. The third-order valence-electron chi connectivity index (χ3n) is 3.68. The average Bonchev–Trinajstić information content (AvgIpc) is 2.19. The van der Waals surface area contributed by atoms with Crippen LogP contribution in [0.3, 0.4) is 0 Å². The third kappa shape index (κ3) is 1.92. The molecule has 0 aliphatic rings. The van der Waals surface area contributed by atoms with Crippen LogP contribution in [0.2, 0.25) is 0 Å². The Hall–Kier alpha value is -0.180. The lowest BCUT2D eigenvalue weighted by Crippen LogP contribution is -2.48. The van der Waals surface area contributed by atoms with Gasteiger partial charge in [0.1, 0.15) is 0 Å². The topological polar surface area (TPSA) is 37.3 Å². The summed E-state index contributed by atoms with van der Waals surface area (Å²) in [7, 11) is 0. The Morgan fingerprint density at radius 2 is 1.43 bits per heavy atom. The first kappa shape index (κ1) is 13.8. The highest BCUT2D eigenvalue weighted by Crippen LogP contribution is 2.47. The number of carboxylic acids is 1. The molecule has 0 heterocycles. The van der Waals surface area contributed by atoms with Crippen molar-refractivity contribution in [3.05, 3.63) is 0 Å². The van der Waals surface area contributed by atoms with Gasteiger partial charge in [0.05, 0.1) is 5.41 Å². The van der Waals surface area contributed by atoms with Gasteiger partial charge in [-0.3, -0.25) is 4.79 Å². The molecule has 0 radical (unpaired) electrons. The molecule has 1 N–H and O–H groups in total. The Bertz CT molecular complexity index is 193. The molecule has 0 aliphatic heterocycles. The third-order valence-corrected chi connectivity index (χ3v) is 4.74. The molecule has 0 spiro atoms. The van der Waals surface area contributed by atoms with Crippen LogP contribution < -0.4 is 0 Å². The summed E-state index contributed by atoms with van der Waals surface area (Å²) in [5.41, 5.74) is -0.681. The van der Waals surface area contributed by atoms with Crippen molar-refractivity contribution < 1.29 is 9.90 Å². The second-order valence-electron chi connectivity index (χ2n) is 3.83. The maximum Gasteiger partial charge on any atom is 0.311 e. The highest BCUT2D eigenvalue weighted by molar-refractivity contribution is 7.81. The second-order valence-corrected chi connectivity index (χ2v) is 4.69. The molecule has 0 rings (SSSR count). The van der Waals surface area contributed by atoms with E-state index >= 15 is 0 Å². The Labute approximate surface area is 92.5 Å². The average molecular weight is 218 g/mol. The predicted molar refractivity (Wildman–Crippen MR) is 62.9 cm³/mol. The molecule has 3 heteroatoms. The van der Waals surface area contributed by atoms with E-state index in [4.69, 9.17) is 0 Å². The molecule has 0 aromatic carbocycles. The molecule has 0 atom stereocenters. The standard InChI is InChI=1S/C11H22O2S/c1-5-10(6-2,9(12)13)11(14,7-3)8-4/h14H,5-8H2,1-4H3,(H,12,13). The first-order valence-corrected chi connectivity index (χ1v) is 5.84. The molecular weight excluding hydrogens is 196 g/mol. The molecule has 0 saturated heterocycles. The molecule has 0 unspecified atom stereocenters. The number of aliphatic carboxylic acids is 1. The zero-order valence-electron chi connectivity index (χ0n) is 9.63. The van der Waals surface area contributed by atoms with Crippen LogP contribution in [-0.2, 0) is 4.79 Å². The lowest BCUT2D eigenvalue weighted by molar-refractivity contribution is -0.152. The van der Waals surface area contributed by atoms with E-state index in [9.17, 15) is 9.90 Å². The van der Waals surface area contributed by atoms with Crippen molar-refractivity contribution in [1.29, 1.82) is 0 Å². The van der Waals surface area contributed by atoms with Gasteiger partial charge in [0.2, 0.25) is 0 Å². The number of hydrogen-bond acceptors (Lipinski definition) is 2. The van der Waals surface area contributed by atoms with Crippen LogP contribution >= 0.6 is 12.6 Å². The van der Waals surface area contributed by atoms with Gasteiger partial charge in [-0.15, -0.1) is 0 Å². The molecule has 0 aromatic rings. The van der Waals surface area contributed by atoms with E-state index in [2.05, 4.69) is 12.6 Å². The summed E-state index contributed by atoms with van der Waals surface area (Å²) in [5.74, 6) is -0.707. The van der Waals surface area contributed by atoms with Gasteiger partial charge in [0.25, 0.3) is 0 Å². The van der Waals surface area contributed by atoms with Gasteiger partial charge in [-0.05, 0) is 25.7 Å². The largest absolute Gasteiger partial charge is 0.481 e. The first-order valence-electron chi connectivity index (χ1n) is 5.39. The van der Waals surface area contributed by atoms with E-state index < -0.39 is 11.4 Å². The predicted octanol–water partition coefficient (Wildman–Crippen LogP) is 3.37. The molecule has 14 heavy (non-hydrogen) atoms. The molecule has 0 fully saturated rings. The maximum atomic E-state index is 11.4. The highest BCUT2D eigenvalue weighted by atomic mass is 32.1. The van der Waals surface area contributed by atoms with Gasteiger partial charge in [-0.2, -0.15) is 12.6 Å². The summed E-state index contributed by atoms with van der Waals surface area (Å²) >= 11 is 4.62. The van der Waals surface area contributed by atoms with E-state index in [1.165, 1.54) is 0 Å². The number of carbonyl (C=O) groups is 1. The van der Waals surface area contributed by atoms with Crippen molar-refractivity contribution in [2.45, 2.75) is 58.1 Å². The van der Waals surface area contributed by atoms with Gasteiger partial charge in [0, 0.05) is 4.75 Å².